The van der Waals surface area contributed by atoms with Crippen molar-refractivity contribution in [3.63, 3.8) is 0 Å². The average Bonchev–Trinajstić information content (AvgIpc) is 3.27. The number of esters is 1. The Morgan fingerprint density at radius 2 is 1.80 bits per heavy atom. The number of nitrogens with zero attached hydrogens (tertiary/aromatic N) is 1. The molecule has 3 unspecified atom stereocenters. The molecule has 7 nitrogen and oxygen atoms in total. The predicted octanol–water partition coefficient (Wildman–Crippen LogP) is 2.95. The van der Waals surface area contributed by atoms with Crippen molar-refractivity contribution in [1.29, 1.82) is 0 Å². The van der Waals surface area contributed by atoms with Crippen molar-refractivity contribution in [2.24, 2.45) is 0 Å². The van der Waals surface area contributed by atoms with Crippen LogP contribution in [0.2, 0.25) is 0 Å². The van der Waals surface area contributed by atoms with Gasteiger partial charge in [-0.25, -0.2) is 4.79 Å². The van der Waals surface area contributed by atoms with Gasteiger partial charge in [0, 0.05) is 18.5 Å². The van der Waals surface area contributed by atoms with Crippen LogP contribution in [0.1, 0.15) is 49.2 Å². The zero-order valence-electron chi connectivity index (χ0n) is 17.4. The Balaban J connectivity index is 1.65. The Hall–Kier alpha value is -3.09. The summed E-state index contributed by atoms with van der Waals surface area (Å²) in [6.45, 7) is 3.68. The number of hydrogen-bond donors (Lipinski definition) is 1. The zero-order chi connectivity index (χ0) is 21.5. The fourth-order valence-corrected chi connectivity index (χ4v) is 3.90. The number of hydrogen-bond acceptors (Lipinski definition) is 5. The van der Waals surface area contributed by atoms with Gasteiger partial charge in [0.15, 0.2) is 12.4 Å². The molecule has 1 saturated heterocycles. The molecule has 0 bridgehead atoms. The molecule has 3 atom stereocenters. The molecule has 1 N–H and O–H groups in total. The van der Waals surface area contributed by atoms with E-state index < -0.39 is 17.9 Å². The van der Waals surface area contributed by atoms with Crippen LogP contribution in [-0.4, -0.2) is 47.4 Å². The minimum atomic E-state index is -0.936. The maximum absolute atomic E-state index is 12.8. The third-order valence-corrected chi connectivity index (χ3v) is 5.44. The van der Waals surface area contributed by atoms with Crippen molar-refractivity contribution in [3.8, 4) is 0 Å². The van der Waals surface area contributed by atoms with Crippen molar-refractivity contribution in [3.05, 3.63) is 60.1 Å². The number of furan rings is 1. The number of rotatable bonds is 7. The molecular formula is C23H28N2O5. The van der Waals surface area contributed by atoms with Crippen LogP contribution in [-0.2, 0) is 20.7 Å². The zero-order valence-corrected chi connectivity index (χ0v) is 17.4. The first kappa shape index (κ1) is 21.6. The van der Waals surface area contributed by atoms with Gasteiger partial charge in [-0.15, -0.1) is 0 Å². The largest absolute Gasteiger partial charge is 0.459 e. The van der Waals surface area contributed by atoms with Crippen LogP contribution in [0.15, 0.2) is 53.1 Å². The van der Waals surface area contributed by atoms with Gasteiger partial charge in [-0.05, 0) is 50.8 Å². The lowest BCUT2D eigenvalue weighted by atomic mass is 9.97. The highest BCUT2D eigenvalue weighted by atomic mass is 16.5. The lowest BCUT2D eigenvalue weighted by Crippen LogP contribution is -2.50. The number of piperidine rings is 1. The van der Waals surface area contributed by atoms with E-state index in [2.05, 4.69) is 5.32 Å². The lowest BCUT2D eigenvalue weighted by molar-refractivity contribution is -0.156. The molecule has 0 saturated carbocycles. The highest BCUT2D eigenvalue weighted by molar-refractivity contribution is 5.94. The summed E-state index contributed by atoms with van der Waals surface area (Å²) in [4.78, 5) is 39.6. The first-order valence-electron chi connectivity index (χ1n) is 10.3. The first-order chi connectivity index (χ1) is 14.5. The Bertz CT molecular complexity index is 840. The maximum Gasteiger partial charge on any atom is 0.329 e. The number of ether oxygens (including phenoxy) is 1. The monoisotopic (exact) mass is 412 g/mol. The minimum absolute atomic E-state index is 0.105. The van der Waals surface area contributed by atoms with Crippen LogP contribution in [0.5, 0.6) is 0 Å². The topological polar surface area (TPSA) is 88.9 Å². The quantitative estimate of drug-likeness (QED) is 0.707. The van der Waals surface area contributed by atoms with Crippen molar-refractivity contribution in [2.75, 3.05) is 6.61 Å². The second kappa shape index (κ2) is 10.1. The number of carbonyl (C=O) groups is 3. The van der Waals surface area contributed by atoms with E-state index in [1.54, 1.807) is 11.0 Å². The van der Waals surface area contributed by atoms with E-state index in [0.29, 0.717) is 0 Å². The Kier molecular flexibility index (Phi) is 7.27. The van der Waals surface area contributed by atoms with E-state index in [1.165, 1.54) is 12.3 Å². The average molecular weight is 412 g/mol. The molecule has 30 heavy (non-hydrogen) atoms. The number of carbonyl (C=O) groups excluding carboxylic acids is 3. The molecule has 2 aromatic rings. The second-order valence-electron chi connectivity index (χ2n) is 7.73. The van der Waals surface area contributed by atoms with Crippen molar-refractivity contribution < 1.29 is 23.5 Å². The summed E-state index contributed by atoms with van der Waals surface area (Å²) < 4.78 is 10.4. The first-order valence-corrected chi connectivity index (χ1v) is 10.3. The van der Waals surface area contributed by atoms with Crippen molar-refractivity contribution in [2.45, 2.75) is 57.7 Å². The minimum Gasteiger partial charge on any atom is -0.459 e. The smallest absolute Gasteiger partial charge is 0.329 e. The van der Waals surface area contributed by atoms with Crippen LogP contribution in [0.4, 0.5) is 0 Å². The lowest BCUT2D eigenvalue weighted by Gasteiger charge is -2.38. The molecule has 0 aliphatic carbocycles. The number of nitrogens with one attached hydrogen (secondary N) is 1. The van der Waals surface area contributed by atoms with Crippen molar-refractivity contribution in [1.82, 2.24) is 10.2 Å². The molecule has 1 fully saturated rings. The molecule has 1 aromatic carbocycles. The van der Waals surface area contributed by atoms with E-state index in [-0.39, 0.29) is 36.8 Å². The molecule has 7 heteroatoms. The molecule has 3 rings (SSSR count). The van der Waals surface area contributed by atoms with E-state index in [0.717, 1.165) is 24.8 Å². The van der Waals surface area contributed by atoms with Crippen LogP contribution < -0.4 is 5.32 Å². The van der Waals surface area contributed by atoms with Crippen LogP contribution in [0, 0.1) is 0 Å². The predicted molar refractivity (Wildman–Crippen MR) is 111 cm³/mol. The fraction of sp³-hybridized carbons (Fsp3) is 0.435. The van der Waals surface area contributed by atoms with E-state index in [1.807, 2.05) is 44.2 Å². The van der Waals surface area contributed by atoms with Gasteiger partial charge in [0.1, 0.15) is 6.04 Å². The van der Waals surface area contributed by atoms with E-state index in [4.69, 9.17) is 9.15 Å². The molecule has 2 amide bonds. The van der Waals surface area contributed by atoms with Gasteiger partial charge >= 0.3 is 5.97 Å². The number of likely N-dealkylation sites (tertiary alicyclic amines) is 1. The Morgan fingerprint density at radius 1 is 1.10 bits per heavy atom. The molecule has 160 valence electrons. The molecule has 0 radical (unpaired) electrons. The highest BCUT2D eigenvalue weighted by Crippen LogP contribution is 2.22. The summed E-state index contributed by atoms with van der Waals surface area (Å²) in [6.07, 6.45) is 4.61. The summed E-state index contributed by atoms with van der Waals surface area (Å²) in [5.74, 6) is -1.27. The SMILES string of the molecule is CC1CCCC(C)N1C(=O)COC(=O)C(Cc1ccccc1)NC(=O)c1ccco1. The standard InChI is InChI=1S/C23H28N2O5/c1-16-8-6-9-17(2)25(16)21(26)15-30-23(28)19(14-18-10-4-3-5-11-18)24-22(27)20-12-7-13-29-20/h3-5,7,10-13,16-17,19H,6,8-9,14-15H2,1-2H3,(H,24,27). The summed E-state index contributed by atoms with van der Waals surface area (Å²) in [6, 6.07) is 11.7. The van der Waals surface area contributed by atoms with Gasteiger partial charge in [-0.2, -0.15) is 0 Å². The molecule has 1 aromatic heterocycles. The van der Waals surface area contributed by atoms with Gasteiger partial charge in [-0.3, -0.25) is 9.59 Å². The Morgan fingerprint density at radius 3 is 2.43 bits per heavy atom. The number of benzene rings is 1. The third kappa shape index (κ3) is 5.49. The molecule has 1 aliphatic rings. The van der Waals surface area contributed by atoms with Crippen LogP contribution in [0.25, 0.3) is 0 Å². The highest BCUT2D eigenvalue weighted by Gasteiger charge is 2.31. The molecule has 0 spiro atoms. The summed E-state index contributed by atoms with van der Waals surface area (Å²) in [5, 5.41) is 2.66. The van der Waals surface area contributed by atoms with Crippen molar-refractivity contribution >= 4 is 17.8 Å². The number of amides is 2. The van der Waals surface area contributed by atoms with Crippen LogP contribution >= 0.6 is 0 Å². The summed E-state index contributed by atoms with van der Waals surface area (Å²) in [5.41, 5.74) is 0.865. The summed E-state index contributed by atoms with van der Waals surface area (Å²) in [7, 11) is 0. The van der Waals surface area contributed by atoms with E-state index in [9.17, 15) is 14.4 Å². The maximum atomic E-state index is 12.8. The van der Waals surface area contributed by atoms with Crippen LogP contribution in [0.3, 0.4) is 0 Å². The molecule has 1 aliphatic heterocycles. The van der Waals surface area contributed by atoms with Gasteiger partial charge in [0.2, 0.25) is 0 Å². The molecule has 2 heterocycles. The fourth-order valence-electron chi connectivity index (χ4n) is 3.90. The Labute approximate surface area is 176 Å². The van der Waals surface area contributed by atoms with Gasteiger partial charge in [0.25, 0.3) is 11.8 Å². The van der Waals surface area contributed by atoms with E-state index >= 15 is 0 Å². The summed E-state index contributed by atoms with van der Waals surface area (Å²) >= 11 is 0. The van der Waals surface area contributed by atoms with Gasteiger partial charge < -0.3 is 19.4 Å². The van der Waals surface area contributed by atoms with Gasteiger partial charge in [-0.1, -0.05) is 30.3 Å². The third-order valence-electron chi connectivity index (χ3n) is 5.44. The normalized spacial score (nSPS) is 19.7. The van der Waals surface area contributed by atoms with Gasteiger partial charge in [0.05, 0.1) is 6.26 Å². The molecular weight excluding hydrogens is 384 g/mol. The second-order valence-corrected chi connectivity index (χ2v) is 7.73.